The number of rotatable bonds is 2. The zero-order valence-corrected chi connectivity index (χ0v) is 11.3. The molecule has 1 N–H and O–H groups in total. The van der Waals surface area contributed by atoms with Gasteiger partial charge in [-0.05, 0) is 24.3 Å². The molecule has 2 aliphatic heterocycles. The smallest absolute Gasteiger partial charge is 0.246 e. The largest absolute Gasteiger partial charge is 0.365 e. The van der Waals surface area contributed by atoms with Gasteiger partial charge in [-0.25, -0.2) is 12.8 Å². The van der Waals surface area contributed by atoms with Gasteiger partial charge in [0.1, 0.15) is 12.4 Å². The number of hydrogen-bond acceptors (Lipinski definition) is 4. The first kappa shape index (κ1) is 13.5. The summed E-state index contributed by atoms with van der Waals surface area (Å²) in [4.78, 5) is 11.3. The Morgan fingerprint density at radius 2 is 1.95 bits per heavy atom. The van der Waals surface area contributed by atoms with E-state index in [2.05, 4.69) is 5.32 Å². The van der Waals surface area contributed by atoms with Gasteiger partial charge in [-0.3, -0.25) is 4.79 Å². The number of morpholine rings is 1. The molecule has 2 aliphatic rings. The van der Waals surface area contributed by atoms with Gasteiger partial charge in [-0.15, -0.1) is 0 Å². The molecule has 2 heterocycles. The Kier molecular flexibility index (Phi) is 3.23. The van der Waals surface area contributed by atoms with E-state index in [1.54, 1.807) is 0 Å². The predicted molar refractivity (Wildman–Crippen MR) is 66.8 cm³/mol. The van der Waals surface area contributed by atoms with Crippen LogP contribution in [0.4, 0.5) is 4.39 Å². The zero-order valence-electron chi connectivity index (χ0n) is 10.5. The fourth-order valence-electron chi connectivity index (χ4n) is 2.43. The van der Waals surface area contributed by atoms with Crippen LogP contribution in [0.3, 0.4) is 0 Å². The molecule has 0 spiro atoms. The van der Waals surface area contributed by atoms with Gasteiger partial charge in [0.2, 0.25) is 15.9 Å². The van der Waals surface area contributed by atoms with E-state index in [1.165, 1.54) is 16.4 Å². The number of nitrogens with zero attached hydrogens (tertiary/aromatic N) is 1. The summed E-state index contributed by atoms with van der Waals surface area (Å²) in [6, 6.07) is 4.34. The Labute approximate surface area is 115 Å². The Bertz CT molecular complexity index is 631. The first-order chi connectivity index (χ1) is 9.46. The molecule has 0 saturated carbocycles. The van der Waals surface area contributed by atoms with Crippen molar-refractivity contribution in [2.75, 3.05) is 19.7 Å². The number of carbonyl (C=O) groups is 1. The highest BCUT2D eigenvalue weighted by molar-refractivity contribution is 7.89. The summed E-state index contributed by atoms with van der Waals surface area (Å²) < 4.78 is 44.2. The van der Waals surface area contributed by atoms with Crippen LogP contribution in [0.1, 0.15) is 0 Å². The molecule has 20 heavy (non-hydrogen) atoms. The highest BCUT2D eigenvalue weighted by Crippen LogP contribution is 2.24. The quantitative estimate of drug-likeness (QED) is 0.814. The van der Waals surface area contributed by atoms with Crippen LogP contribution in [-0.4, -0.2) is 50.5 Å². The molecule has 0 aromatic heterocycles. The third-order valence-corrected chi connectivity index (χ3v) is 5.30. The lowest BCUT2D eigenvalue weighted by Crippen LogP contribution is -2.50. The molecule has 108 valence electrons. The lowest BCUT2D eigenvalue weighted by molar-refractivity contribution is -0.134. The summed E-state index contributed by atoms with van der Waals surface area (Å²) in [6.45, 7) is 0.298. The SMILES string of the molecule is O=C1CO[C@H]2CN(S(=O)(=O)c3ccc(F)cc3)C[C@@H]2N1. The van der Waals surface area contributed by atoms with Crippen LogP contribution in [0.5, 0.6) is 0 Å². The highest BCUT2D eigenvalue weighted by Gasteiger charge is 2.42. The molecule has 2 fully saturated rings. The minimum atomic E-state index is -3.70. The molecule has 0 radical (unpaired) electrons. The molecule has 0 aliphatic carbocycles. The van der Waals surface area contributed by atoms with Crippen LogP contribution >= 0.6 is 0 Å². The van der Waals surface area contributed by atoms with Gasteiger partial charge in [-0.1, -0.05) is 0 Å². The zero-order chi connectivity index (χ0) is 14.3. The van der Waals surface area contributed by atoms with Crippen LogP contribution < -0.4 is 5.32 Å². The summed E-state index contributed by atoms with van der Waals surface area (Å²) in [7, 11) is -3.70. The second kappa shape index (κ2) is 4.80. The molecule has 6 nitrogen and oxygen atoms in total. The first-order valence-corrected chi connectivity index (χ1v) is 7.57. The number of sulfonamides is 1. The Hall–Kier alpha value is -1.51. The van der Waals surface area contributed by atoms with E-state index in [4.69, 9.17) is 4.74 Å². The van der Waals surface area contributed by atoms with E-state index in [0.29, 0.717) is 0 Å². The van der Waals surface area contributed by atoms with Crippen molar-refractivity contribution in [1.29, 1.82) is 0 Å². The average Bonchev–Trinajstić information content (AvgIpc) is 2.83. The number of hydrogen-bond donors (Lipinski definition) is 1. The number of benzene rings is 1. The molecule has 3 rings (SSSR count). The summed E-state index contributed by atoms with van der Waals surface area (Å²) in [5, 5.41) is 2.71. The van der Waals surface area contributed by atoms with E-state index in [9.17, 15) is 17.6 Å². The maximum Gasteiger partial charge on any atom is 0.246 e. The van der Waals surface area contributed by atoms with Crippen molar-refractivity contribution in [3.05, 3.63) is 30.1 Å². The van der Waals surface area contributed by atoms with Crippen molar-refractivity contribution in [2.24, 2.45) is 0 Å². The van der Waals surface area contributed by atoms with Crippen LogP contribution in [0.15, 0.2) is 29.2 Å². The van der Waals surface area contributed by atoms with E-state index < -0.39 is 15.8 Å². The van der Waals surface area contributed by atoms with Crippen molar-refractivity contribution < 1.29 is 22.3 Å². The van der Waals surface area contributed by atoms with Gasteiger partial charge in [-0.2, -0.15) is 4.31 Å². The standard InChI is InChI=1S/C12H13FN2O4S/c13-8-1-3-9(4-2-8)20(17,18)15-5-10-11(6-15)19-7-12(16)14-10/h1-4,10-11H,5-7H2,(H,14,16)/t10-,11-/m0/s1. The normalized spacial score (nSPS) is 27.1. The Morgan fingerprint density at radius 3 is 2.65 bits per heavy atom. The van der Waals surface area contributed by atoms with E-state index in [0.717, 1.165) is 12.1 Å². The molecule has 1 aromatic carbocycles. The number of amides is 1. The summed E-state index contributed by atoms with van der Waals surface area (Å²) in [5.41, 5.74) is 0. The highest BCUT2D eigenvalue weighted by atomic mass is 32.2. The molecule has 0 unspecified atom stereocenters. The summed E-state index contributed by atoms with van der Waals surface area (Å²) in [6.07, 6.45) is -0.331. The van der Waals surface area contributed by atoms with Crippen molar-refractivity contribution >= 4 is 15.9 Å². The molecule has 0 bridgehead atoms. The number of ether oxygens (including phenoxy) is 1. The molecule has 1 amide bonds. The fourth-order valence-corrected chi connectivity index (χ4v) is 3.91. The topological polar surface area (TPSA) is 75.7 Å². The lowest BCUT2D eigenvalue weighted by atomic mass is 10.2. The van der Waals surface area contributed by atoms with Gasteiger partial charge in [0.05, 0.1) is 17.0 Å². The number of carbonyl (C=O) groups excluding carboxylic acids is 1. The predicted octanol–water partition coefficient (Wildman–Crippen LogP) is -0.286. The number of fused-ring (bicyclic) bond motifs is 1. The van der Waals surface area contributed by atoms with Gasteiger partial charge in [0.25, 0.3) is 0 Å². The van der Waals surface area contributed by atoms with Crippen LogP contribution in [0.2, 0.25) is 0 Å². The Balaban J connectivity index is 1.83. The van der Waals surface area contributed by atoms with Crippen molar-refractivity contribution in [3.8, 4) is 0 Å². The van der Waals surface area contributed by atoms with Gasteiger partial charge in [0, 0.05) is 13.1 Å². The molecular weight excluding hydrogens is 287 g/mol. The van der Waals surface area contributed by atoms with Crippen LogP contribution in [-0.2, 0) is 19.6 Å². The second-order valence-corrected chi connectivity index (χ2v) is 6.74. The molecule has 8 heteroatoms. The average molecular weight is 300 g/mol. The number of nitrogens with one attached hydrogen (secondary N) is 1. The lowest BCUT2D eigenvalue weighted by Gasteiger charge is -2.24. The molecule has 2 saturated heterocycles. The van der Waals surface area contributed by atoms with E-state index in [1.807, 2.05) is 0 Å². The molecule has 2 atom stereocenters. The van der Waals surface area contributed by atoms with Crippen molar-refractivity contribution in [1.82, 2.24) is 9.62 Å². The third-order valence-electron chi connectivity index (χ3n) is 3.46. The van der Waals surface area contributed by atoms with Crippen molar-refractivity contribution in [2.45, 2.75) is 17.0 Å². The maximum atomic E-state index is 12.9. The van der Waals surface area contributed by atoms with Crippen molar-refractivity contribution in [3.63, 3.8) is 0 Å². The van der Waals surface area contributed by atoms with Crippen LogP contribution in [0.25, 0.3) is 0 Å². The number of halogens is 1. The van der Waals surface area contributed by atoms with Gasteiger partial charge >= 0.3 is 0 Å². The summed E-state index contributed by atoms with van der Waals surface area (Å²) >= 11 is 0. The van der Waals surface area contributed by atoms with Gasteiger partial charge < -0.3 is 10.1 Å². The van der Waals surface area contributed by atoms with Crippen LogP contribution in [0, 0.1) is 5.82 Å². The van der Waals surface area contributed by atoms with E-state index in [-0.39, 0.29) is 42.6 Å². The minimum absolute atomic E-state index is 0.0314. The van der Waals surface area contributed by atoms with Gasteiger partial charge in [0.15, 0.2) is 0 Å². The Morgan fingerprint density at radius 1 is 1.25 bits per heavy atom. The fraction of sp³-hybridized carbons (Fsp3) is 0.417. The van der Waals surface area contributed by atoms with E-state index >= 15 is 0 Å². The second-order valence-electron chi connectivity index (χ2n) is 4.80. The monoisotopic (exact) mass is 300 g/mol. The first-order valence-electron chi connectivity index (χ1n) is 6.13. The maximum absolute atomic E-state index is 12.9. The molecular formula is C12H13FN2O4S. The third kappa shape index (κ3) is 2.30. The minimum Gasteiger partial charge on any atom is -0.365 e. The summed E-state index contributed by atoms with van der Waals surface area (Å²) in [5.74, 6) is -0.734. The molecule has 1 aromatic rings.